The Balaban J connectivity index is 1.75. The summed E-state index contributed by atoms with van der Waals surface area (Å²) in [6.45, 7) is 3.76. The molecular formula is C17H17ClN4O3. The first-order chi connectivity index (χ1) is 12.0. The average Bonchev–Trinajstić information content (AvgIpc) is 3.11. The van der Waals surface area contributed by atoms with Crippen LogP contribution in [0.3, 0.4) is 0 Å². The second-order valence-electron chi connectivity index (χ2n) is 5.53. The number of nitrogens with zero attached hydrogens (tertiary/aromatic N) is 3. The number of halogens is 1. The van der Waals surface area contributed by atoms with Crippen molar-refractivity contribution in [3.8, 4) is 5.75 Å². The minimum absolute atomic E-state index is 0.158. The van der Waals surface area contributed by atoms with Gasteiger partial charge in [0.05, 0.1) is 23.1 Å². The van der Waals surface area contributed by atoms with Crippen molar-refractivity contribution in [1.29, 1.82) is 0 Å². The normalized spacial score (nSPS) is 10.7. The zero-order valence-corrected chi connectivity index (χ0v) is 14.8. The van der Waals surface area contributed by atoms with E-state index in [2.05, 4.69) is 15.6 Å². The smallest absolute Gasteiger partial charge is 0.278 e. The molecule has 0 spiro atoms. The van der Waals surface area contributed by atoms with E-state index < -0.39 is 0 Å². The maximum atomic E-state index is 12.5. The number of hydrogen-bond acceptors (Lipinski definition) is 5. The molecule has 0 bridgehead atoms. The standard InChI is InChI=1S/C17H17ClN4O3/c1-10-15(8-19-22(10)3)20-17(23)16-14(11(2)25-21-16)9-24-13-6-4-12(18)5-7-13/h4-8H,9H2,1-3H3,(H,20,23). The molecule has 1 N–H and O–H groups in total. The molecule has 0 unspecified atom stereocenters. The zero-order valence-electron chi connectivity index (χ0n) is 14.0. The summed E-state index contributed by atoms with van der Waals surface area (Å²) < 4.78 is 12.5. The van der Waals surface area contributed by atoms with Crippen molar-refractivity contribution in [2.45, 2.75) is 20.5 Å². The zero-order chi connectivity index (χ0) is 18.0. The highest BCUT2D eigenvalue weighted by Gasteiger charge is 2.21. The first-order valence-electron chi connectivity index (χ1n) is 7.59. The lowest BCUT2D eigenvalue weighted by Crippen LogP contribution is -2.16. The molecule has 2 heterocycles. The fourth-order valence-electron chi connectivity index (χ4n) is 2.23. The van der Waals surface area contributed by atoms with Crippen molar-refractivity contribution in [2.24, 2.45) is 7.05 Å². The quantitative estimate of drug-likeness (QED) is 0.752. The first kappa shape index (κ1) is 17.0. The summed E-state index contributed by atoms with van der Waals surface area (Å²) in [5.41, 5.74) is 2.24. The number of hydrogen-bond donors (Lipinski definition) is 1. The van der Waals surface area contributed by atoms with E-state index in [1.165, 1.54) is 0 Å². The average molecular weight is 361 g/mol. The molecule has 25 heavy (non-hydrogen) atoms. The number of amides is 1. The van der Waals surface area contributed by atoms with Gasteiger partial charge in [-0.05, 0) is 38.1 Å². The third-order valence-corrected chi connectivity index (χ3v) is 4.13. The Bertz CT molecular complexity index is 899. The van der Waals surface area contributed by atoms with Crippen LogP contribution in [0.5, 0.6) is 5.75 Å². The van der Waals surface area contributed by atoms with E-state index in [4.69, 9.17) is 20.9 Å². The van der Waals surface area contributed by atoms with Crippen LogP contribution in [-0.2, 0) is 13.7 Å². The molecule has 0 saturated carbocycles. The molecule has 7 nitrogen and oxygen atoms in total. The highest BCUT2D eigenvalue weighted by atomic mass is 35.5. The van der Waals surface area contributed by atoms with Gasteiger partial charge in [-0.25, -0.2) is 0 Å². The van der Waals surface area contributed by atoms with Crippen molar-refractivity contribution in [3.63, 3.8) is 0 Å². The third kappa shape index (κ3) is 3.66. The van der Waals surface area contributed by atoms with Crippen LogP contribution >= 0.6 is 11.6 Å². The third-order valence-electron chi connectivity index (χ3n) is 3.88. The Hall–Kier alpha value is -2.80. The van der Waals surface area contributed by atoms with Crippen LogP contribution in [0, 0.1) is 13.8 Å². The van der Waals surface area contributed by atoms with E-state index in [1.54, 1.807) is 49.1 Å². The van der Waals surface area contributed by atoms with Crippen molar-refractivity contribution >= 4 is 23.2 Å². The topological polar surface area (TPSA) is 82.2 Å². The van der Waals surface area contributed by atoms with Crippen molar-refractivity contribution < 1.29 is 14.1 Å². The molecule has 3 rings (SSSR count). The Labute approximate surface area is 149 Å². The first-order valence-corrected chi connectivity index (χ1v) is 7.97. The van der Waals surface area contributed by atoms with E-state index in [0.717, 1.165) is 5.69 Å². The molecule has 0 radical (unpaired) electrons. The highest BCUT2D eigenvalue weighted by Crippen LogP contribution is 2.21. The fraction of sp³-hybridized carbons (Fsp3) is 0.235. The van der Waals surface area contributed by atoms with E-state index in [0.29, 0.717) is 27.8 Å². The van der Waals surface area contributed by atoms with Gasteiger partial charge in [0.1, 0.15) is 18.1 Å². The Morgan fingerprint density at radius 2 is 2.04 bits per heavy atom. The number of carbonyl (C=O) groups is 1. The second-order valence-corrected chi connectivity index (χ2v) is 5.97. The summed E-state index contributed by atoms with van der Waals surface area (Å²) in [5.74, 6) is 0.796. The van der Waals surface area contributed by atoms with Crippen LogP contribution in [0.1, 0.15) is 27.5 Å². The lowest BCUT2D eigenvalue weighted by Gasteiger charge is -2.07. The number of aromatic nitrogens is 3. The van der Waals surface area contributed by atoms with E-state index in [-0.39, 0.29) is 18.2 Å². The Morgan fingerprint density at radius 1 is 1.32 bits per heavy atom. The SMILES string of the molecule is Cc1onc(C(=O)Nc2cnn(C)c2C)c1COc1ccc(Cl)cc1. The monoisotopic (exact) mass is 360 g/mol. The van der Waals surface area contributed by atoms with Gasteiger partial charge in [0.2, 0.25) is 0 Å². The summed E-state index contributed by atoms with van der Waals surface area (Å²) >= 11 is 5.85. The minimum Gasteiger partial charge on any atom is -0.489 e. The van der Waals surface area contributed by atoms with Crippen LogP contribution < -0.4 is 10.1 Å². The summed E-state index contributed by atoms with van der Waals surface area (Å²) in [6, 6.07) is 6.97. The summed E-state index contributed by atoms with van der Waals surface area (Å²) in [7, 11) is 1.80. The predicted molar refractivity (Wildman–Crippen MR) is 92.9 cm³/mol. The number of ether oxygens (including phenoxy) is 1. The van der Waals surface area contributed by atoms with Crippen molar-refractivity contribution in [3.05, 3.63) is 58.2 Å². The van der Waals surface area contributed by atoms with Crippen LogP contribution in [0.15, 0.2) is 35.0 Å². The van der Waals surface area contributed by atoms with Crippen LogP contribution in [0.25, 0.3) is 0 Å². The predicted octanol–water partition coefficient (Wildman–Crippen LogP) is 3.51. The largest absolute Gasteiger partial charge is 0.489 e. The highest BCUT2D eigenvalue weighted by molar-refractivity contribution is 6.30. The van der Waals surface area contributed by atoms with Gasteiger partial charge in [-0.2, -0.15) is 5.10 Å². The number of aryl methyl sites for hydroxylation is 2. The van der Waals surface area contributed by atoms with Gasteiger partial charge in [0.25, 0.3) is 5.91 Å². The molecule has 0 fully saturated rings. The van der Waals surface area contributed by atoms with Gasteiger partial charge in [0, 0.05) is 12.1 Å². The molecule has 130 valence electrons. The van der Waals surface area contributed by atoms with Crippen LogP contribution in [0.2, 0.25) is 5.02 Å². The van der Waals surface area contributed by atoms with Gasteiger partial charge >= 0.3 is 0 Å². The Morgan fingerprint density at radius 3 is 2.68 bits per heavy atom. The van der Waals surface area contributed by atoms with Crippen molar-refractivity contribution in [2.75, 3.05) is 5.32 Å². The molecule has 0 aliphatic heterocycles. The maximum absolute atomic E-state index is 12.5. The van der Waals surface area contributed by atoms with E-state index >= 15 is 0 Å². The van der Waals surface area contributed by atoms with Gasteiger partial charge in [0.15, 0.2) is 5.69 Å². The molecule has 8 heteroatoms. The van der Waals surface area contributed by atoms with E-state index in [9.17, 15) is 4.79 Å². The van der Waals surface area contributed by atoms with Gasteiger partial charge in [-0.15, -0.1) is 0 Å². The number of benzene rings is 1. The lowest BCUT2D eigenvalue weighted by molar-refractivity contribution is 0.101. The minimum atomic E-state index is -0.373. The second kappa shape index (κ2) is 6.98. The van der Waals surface area contributed by atoms with Gasteiger partial charge in [-0.3, -0.25) is 9.48 Å². The molecule has 0 saturated heterocycles. The molecule has 3 aromatic rings. The lowest BCUT2D eigenvalue weighted by atomic mass is 10.2. The number of nitrogens with one attached hydrogen (secondary N) is 1. The number of carbonyl (C=O) groups excluding carboxylic acids is 1. The number of rotatable bonds is 5. The molecule has 0 aliphatic carbocycles. The molecule has 0 aliphatic rings. The molecule has 1 aromatic carbocycles. The number of anilines is 1. The molecule has 1 amide bonds. The molecule has 0 atom stereocenters. The van der Waals surface area contributed by atoms with Gasteiger partial charge in [-0.1, -0.05) is 16.8 Å². The summed E-state index contributed by atoms with van der Waals surface area (Å²) in [5, 5.41) is 11.4. The fourth-order valence-corrected chi connectivity index (χ4v) is 2.35. The summed E-state index contributed by atoms with van der Waals surface area (Å²) in [6.07, 6.45) is 1.59. The van der Waals surface area contributed by atoms with Crippen LogP contribution in [-0.4, -0.2) is 20.8 Å². The van der Waals surface area contributed by atoms with Crippen LogP contribution in [0.4, 0.5) is 5.69 Å². The summed E-state index contributed by atoms with van der Waals surface area (Å²) in [4.78, 5) is 12.5. The van der Waals surface area contributed by atoms with E-state index in [1.807, 2.05) is 6.92 Å². The Kier molecular flexibility index (Phi) is 4.76. The maximum Gasteiger partial charge on any atom is 0.278 e. The van der Waals surface area contributed by atoms with Crippen molar-refractivity contribution in [1.82, 2.24) is 14.9 Å². The van der Waals surface area contributed by atoms with Gasteiger partial charge < -0.3 is 14.6 Å². The molecular weight excluding hydrogens is 344 g/mol. The molecule has 2 aromatic heterocycles.